The van der Waals surface area contributed by atoms with Gasteiger partial charge >= 0.3 is 5.97 Å². The van der Waals surface area contributed by atoms with E-state index in [1.54, 1.807) is 0 Å². The predicted molar refractivity (Wildman–Crippen MR) is 81.4 cm³/mol. The van der Waals surface area contributed by atoms with Crippen molar-refractivity contribution in [1.29, 1.82) is 0 Å². The Morgan fingerprint density at radius 1 is 1.05 bits per heavy atom. The molecule has 0 aliphatic heterocycles. The van der Waals surface area contributed by atoms with Gasteiger partial charge in [-0.25, -0.2) is 9.97 Å². The van der Waals surface area contributed by atoms with Crippen LogP contribution < -0.4 is 0 Å². The van der Waals surface area contributed by atoms with Crippen LogP contribution in [0.5, 0.6) is 0 Å². The minimum absolute atomic E-state index is 0.00202. The molecule has 0 aliphatic carbocycles. The number of aryl methyl sites for hydroxylation is 2. The second-order valence-corrected chi connectivity index (χ2v) is 4.95. The molecular formula is C17H20N2O2. The number of nitrogens with zero attached hydrogens (tertiary/aromatic N) is 2. The van der Waals surface area contributed by atoms with Crippen LogP contribution in [0.15, 0.2) is 30.3 Å². The maximum absolute atomic E-state index is 11.0. The number of benzene rings is 1. The van der Waals surface area contributed by atoms with Crippen LogP contribution in [0.2, 0.25) is 0 Å². The fourth-order valence-corrected chi connectivity index (χ4v) is 2.44. The average molecular weight is 284 g/mol. The Morgan fingerprint density at radius 3 is 2.10 bits per heavy atom. The highest BCUT2D eigenvalue weighted by Gasteiger charge is 2.15. The highest BCUT2D eigenvalue weighted by molar-refractivity contribution is 5.71. The van der Waals surface area contributed by atoms with Gasteiger partial charge in [0.1, 0.15) is 5.82 Å². The van der Waals surface area contributed by atoms with Gasteiger partial charge in [0.05, 0.1) is 6.42 Å². The van der Waals surface area contributed by atoms with E-state index in [1.807, 2.05) is 44.2 Å². The van der Waals surface area contributed by atoms with Crippen molar-refractivity contribution < 1.29 is 9.90 Å². The first kappa shape index (κ1) is 15.2. The van der Waals surface area contributed by atoms with Crippen LogP contribution in [0.4, 0.5) is 0 Å². The first-order valence-electron chi connectivity index (χ1n) is 7.27. The minimum atomic E-state index is -0.834. The lowest BCUT2D eigenvalue weighted by Crippen LogP contribution is -2.13. The molecule has 0 amide bonds. The summed E-state index contributed by atoms with van der Waals surface area (Å²) in [6.45, 7) is 4.00. The van der Waals surface area contributed by atoms with E-state index in [0.29, 0.717) is 6.42 Å². The van der Waals surface area contributed by atoms with E-state index in [0.717, 1.165) is 41.2 Å². The molecule has 110 valence electrons. The quantitative estimate of drug-likeness (QED) is 0.886. The van der Waals surface area contributed by atoms with Gasteiger partial charge in [-0.1, -0.05) is 44.2 Å². The van der Waals surface area contributed by atoms with E-state index in [-0.39, 0.29) is 6.42 Å². The summed E-state index contributed by atoms with van der Waals surface area (Å²) < 4.78 is 0. The molecule has 0 radical (unpaired) electrons. The van der Waals surface area contributed by atoms with Crippen molar-refractivity contribution in [2.45, 2.75) is 39.5 Å². The predicted octanol–water partition coefficient (Wildman–Crippen LogP) is 2.82. The third-order valence-electron chi connectivity index (χ3n) is 3.43. The molecule has 0 atom stereocenters. The van der Waals surface area contributed by atoms with Gasteiger partial charge in [-0.05, 0) is 18.4 Å². The topological polar surface area (TPSA) is 63.1 Å². The highest BCUT2D eigenvalue weighted by Crippen LogP contribution is 2.16. The summed E-state index contributed by atoms with van der Waals surface area (Å²) in [6.07, 6.45) is 2.12. The summed E-state index contributed by atoms with van der Waals surface area (Å²) in [5.74, 6) is -0.0668. The van der Waals surface area contributed by atoms with Crippen LogP contribution >= 0.6 is 0 Å². The first-order valence-corrected chi connectivity index (χ1v) is 7.27. The van der Waals surface area contributed by atoms with Gasteiger partial charge in [0, 0.05) is 23.4 Å². The number of hydrogen-bond acceptors (Lipinski definition) is 3. The molecule has 0 fully saturated rings. The van der Waals surface area contributed by atoms with Crippen molar-refractivity contribution in [2.75, 3.05) is 0 Å². The zero-order valence-electron chi connectivity index (χ0n) is 12.5. The van der Waals surface area contributed by atoms with Crippen LogP contribution in [-0.4, -0.2) is 21.0 Å². The zero-order chi connectivity index (χ0) is 15.2. The molecule has 4 heteroatoms. The molecule has 0 spiro atoms. The normalized spacial score (nSPS) is 10.6. The van der Waals surface area contributed by atoms with Gasteiger partial charge in [0.2, 0.25) is 0 Å². The van der Waals surface area contributed by atoms with Crippen LogP contribution in [0.3, 0.4) is 0 Å². The largest absolute Gasteiger partial charge is 0.481 e. The lowest BCUT2D eigenvalue weighted by molar-refractivity contribution is -0.136. The van der Waals surface area contributed by atoms with E-state index in [2.05, 4.69) is 9.97 Å². The van der Waals surface area contributed by atoms with Gasteiger partial charge in [0.15, 0.2) is 0 Å². The molecule has 1 aromatic heterocycles. The molecule has 21 heavy (non-hydrogen) atoms. The van der Waals surface area contributed by atoms with Crippen LogP contribution in [0.25, 0.3) is 0 Å². The lowest BCUT2D eigenvalue weighted by Gasteiger charge is -2.12. The second kappa shape index (κ2) is 6.97. The number of hydrogen-bond donors (Lipinski definition) is 1. The number of aliphatic carboxylic acids is 1. The lowest BCUT2D eigenvalue weighted by atomic mass is 10.0. The molecule has 0 bridgehead atoms. The number of carbonyl (C=O) groups is 1. The van der Waals surface area contributed by atoms with Crippen molar-refractivity contribution >= 4 is 5.97 Å². The molecule has 0 unspecified atom stereocenters. The van der Waals surface area contributed by atoms with E-state index in [1.165, 1.54) is 0 Å². The summed E-state index contributed by atoms with van der Waals surface area (Å²) in [4.78, 5) is 20.2. The number of rotatable bonds is 6. The molecule has 1 heterocycles. The summed E-state index contributed by atoms with van der Waals surface area (Å²) >= 11 is 0. The SMILES string of the molecule is CCc1nc(Cc2ccccc2)nc(CC)c1CC(=O)O. The summed E-state index contributed by atoms with van der Waals surface area (Å²) in [6, 6.07) is 10.1. The number of aromatic nitrogens is 2. The van der Waals surface area contributed by atoms with Gasteiger partial charge in [-0.3, -0.25) is 4.79 Å². The van der Waals surface area contributed by atoms with Gasteiger partial charge in [-0.2, -0.15) is 0 Å². The molecular weight excluding hydrogens is 264 g/mol. The minimum Gasteiger partial charge on any atom is -0.481 e. The Kier molecular flexibility index (Phi) is 5.04. The number of carboxylic acid groups (broad SMARTS) is 1. The average Bonchev–Trinajstić information content (AvgIpc) is 2.49. The molecule has 1 aromatic carbocycles. The summed E-state index contributed by atoms with van der Waals surface area (Å²) in [5.41, 5.74) is 3.65. The Labute approximate surface area is 124 Å². The standard InChI is InChI=1S/C17H20N2O2/c1-3-14-13(11-17(20)21)15(4-2)19-16(18-14)10-12-8-6-5-7-9-12/h5-9H,3-4,10-11H2,1-2H3,(H,20,21). The van der Waals surface area contributed by atoms with Crippen molar-refractivity contribution in [2.24, 2.45) is 0 Å². The fourth-order valence-electron chi connectivity index (χ4n) is 2.44. The van der Waals surface area contributed by atoms with Crippen LogP contribution in [-0.2, 0) is 30.5 Å². The fraction of sp³-hybridized carbons (Fsp3) is 0.353. The van der Waals surface area contributed by atoms with Crippen molar-refractivity contribution in [3.63, 3.8) is 0 Å². The number of carboxylic acids is 1. The summed E-state index contributed by atoms with van der Waals surface area (Å²) in [7, 11) is 0. The Bertz CT molecular complexity index is 599. The van der Waals surface area contributed by atoms with Gasteiger partial charge in [0.25, 0.3) is 0 Å². The van der Waals surface area contributed by atoms with Gasteiger partial charge < -0.3 is 5.11 Å². The molecule has 0 aliphatic rings. The van der Waals surface area contributed by atoms with E-state index in [4.69, 9.17) is 5.11 Å². The Hall–Kier alpha value is -2.23. The summed E-state index contributed by atoms with van der Waals surface area (Å²) in [5, 5.41) is 9.06. The molecule has 0 saturated carbocycles. The van der Waals surface area contributed by atoms with Crippen molar-refractivity contribution in [3.05, 3.63) is 58.7 Å². The van der Waals surface area contributed by atoms with Crippen molar-refractivity contribution in [3.8, 4) is 0 Å². The maximum Gasteiger partial charge on any atom is 0.307 e. The third-order valence-corrected chi connectivity index (χ3v) is 3.43. The molecule has 2 aromatic rings. The zero-order valence-corrected chi connectivity index (χ0v) is 12.5. The Balaban J connectivity index is 2.38. The first-order chi connectivity index (χ1) is 10.1. The third kappa shape index (κ3) is 3.88. The van der Waals surface area contributed by atoms with Gasteiger partial charge in [-0.15, -0.1) is 0 Å². The highest BCUT2D eigenvalue weighted by atomic mass is 16.4. The van der Waals surface area contributed by atoms with E-state index in [9.17, 15) is 4.79 Å². The second-order valence-electron chi connectivity index (χ2n) is 4.95. The van der Waals surface area contributed by atoms with E-state index >= 15 is 0 Å². The monoisotopic (exact) mass is 284 g/mol. The molecule has 0 saturated heterocycles. The van der Waals surface area contributed by atoms with Crippen molar-refractivity contribution in [1.82, 2.24) is 9.97 Å². The molecule has 4 nitrogen and oxygen atoms in total. The maximum atomic E-state index is 11.0. The van der Waals surface area contributed by atoms with Crippen LogP contribution in [0, 0.1) is 0 Å². The molecule has 1 N–H and O–H groups in total. The molecule has 2 rings (SSSR count). The smallest absolute Gasteiger partial charge is 0.307 e. The van der Waals surface area contributed by atoms with E-state index < -0.39 is 5.97 Å². The Morgan fingerprint density at radius 2 is 1.62 bits per heavy atom. The van der Waals surface area contributed by atoms with Crippen LogP contribution in [0.1, 0.15) is 42.2 Å².